The van der Waals surface area contributed by atoms with Crippen molar-refractivity contribution in [3.8, 4) is 0 Å². The Kier molecular flexibility index (Phi) is 93.6. The fourth-order valence-electron chi connectivity index (χ4n) is 17.3. The van der Waals surface area contributed by atoms with E-state index in [0.717, 1.165) is 170 Å². The third-order valence-electron chi connectivity index (χ3n) is 26.2. The number of amides is 1. The van der Waals surface area contributed by atoms with Crippen LogP contribution in [0.3, 0.4) is 0 Å². The molecule has 0 saturated carbocycles. The van der Waals surface area contributed by atoms with E-state index in [4.69, 9.17) is 47.9 Å². The maximum absolute atomic E-state index is 12.9. The number of nitrogens with two attached hydrogens (primary N) is 1. The van der Waals surface area contributed by atoms with E-state index < -0.39 is 70.9 Å². The van der Waals surface area contributed by atoms with Crippen LogP contribution in [0.15, 0.2) is 166 Å². The second-order valence-corrected chi connectivity index (χ2v) is 44.3. The Morgan fingerprint density at radius 1 is 0.370 bits per heavy atom. The van der Waals surface area contributed by atoms with Gasteiger partial charge in [0.05, 0.1) is 26.4 Å². The molecule has 23 heteroatoms. The maximum Gasteiger partial charge on any atom is 0.472 e. The molecule has 0 radical (unpaired) electrons. The second kappa shape index (κ2) is 96.6. The molecule has 0 spiro atoms. The Balaban J connectivity index is 0. The van der Waals surface area contributed by atoms with Crippen LogP contribution in [0.5, 0.6) is 0 Å². The molecule has 0 saturated heterocycles. The van der Waals surface area contributed by atoms with E-state index in [1.54, 1.807) is 13.0 Å². The molecule has 0 aliphatic heterocycles. The van der Waals surface area contributed by atoms with Crippen molar-refractivity contribution >= 4 is 51.4 Å². The van der Waals surface area contributed by atoms with Crippen LogP contribution >= 0.6 is 15.6 Å². The van der Waals surface area contributed by atoms with Crippen LogP contribution in [-0.4, -0.2) is 116 Å². The summed E-state index contributed by atoms with van der Waals surface area (Å²) in [6, 6.07) is 0. The molecule has 0 bridgehead atoms. The van der Waals surface area contributed by atoms with Crippen molar-refractivity contribution in [2.24, 2.45) is 16.6 Å². The van der Waals surface area contributed by atoms with Crippen molar-refractivity contribution in [2.45, 2.75) is 515 Å². The molecular formula is C123H214N2O19P2. The summed E-state index contributed by atoms with van der Waals surface area (Å²) in [7, 11) is -8.98. The average Bonchev–Trinajstić information content (AvgIpc) is 0.823. The van der Waals surface area contributed by atoms with E-state index >= 15 is 0 Å². The molecule has 0 aromatic rings. The van der Waals surface area contributed by atoms with Crippen LogP contribution in [0.1, 0.15) is 502 Å². The normalized spacial score (nSPS) is 15.6. The van der Waals surface area contributed by atoms with E-state index in [-0.39, 0.29) is 89.4 Å². The van der Waals surface area contributed by atoms with Crippen molar-refractivity contribution < 1.29 is 89.8 Å². The van der Waals surface area contributed by atoms with Crippen molar-refractivity contribution in [1.29, 1.82) is 0 Å². The van der Waals surface area contributed by atoms with Crippen LogP contribution in [-0.2, 0) is 74.9 Å². The smallest absolute Gasteiger partial charge is 0.472 e. The molecule has 0 heterocycles. The van der Waals surface area contributed by atoms with Gasteiger partial charge in [0.2, 0.25) is 5.91 Å². The van der Waals surface area contributed by atoms with E-state index in [1.165, 1.54) is 240 Å². The van der Waals surface area contributed by atoms with Crippen LogP contribution < -0.4 is 11.1 Å². The number of esters is 4. The molecular weight excluding hydrogens is 1870 g/mol. The Hall–Kier alpha value is -6.64. The van der Waals surface area contributed by atoms with Gasteiger partial charge in [-0.3, -0.25) is 42.1 Å². The summed E-state index contributed by atoms with van der Waals surface area (Å²) in [5, 5.41) is 11.3. The molecule has 146 heavy (non-hydrogen) atoms. The highest BCUT2D eigenvalue weighted by Gasteiger charge is 2.31. The molecule has 21 nitrogen and oxygen atoms in total. The number of carboxylic acid groups (broad SMARTS) is 1. The van der Waals surface area contributed by atoms with Gasteiger partial charge in [-0.15, -0.1) is 0 Å². The average molecular weight is 2090 g/mol. The molecule has 1 amide bonds. The lowest BCUT2D eigenvalue weighted by Gasteiger charge is -2.33. The van der Waals surface area contributed by atoms with Crippen LogP contribution in [0, 0.1) is 10.8 Å². The number of carboxylic acids is 1. The van der Waals surface area contributed by atoms with Gasteiger partial charge < -0.3 is 44.9 Å². The first kappa shape index (κ1) is 141. The summed E-state index contributed by atoms with van der Waals surface area (Å²) < 4.78 is 66.9. The molecule has 2 unspecified atom stereocenters. The zero-order chi connectivity index (χ0) is 107. The third-order valence-corrected chi connectivity index (χ3v) is 28.1. The number of hydrogen-bond donors (Lipinski definition) is 5. The Labute approximate surface area is 891 Å². The molecule has 2 rings (SSSR count). The van der Waals surface area contributed by atoms with Gasteiger partial charge in [0.1, 0.15) is 13.2 Å². The lowest BCUT2D eigenvalue weighted by Crippen LogP contribution is -2.30. The first-order valence-electron chi connectivity index (χ1n) is 57.3. The summed E-state index contributed by atoms with van der Waals surface area (Å²) in [5.41, 5.74) is 15.3. The number of aliphatic carboxylic acids is 1. The number of nitrogens with one attached hydrogen (secondary N) is 1. The number of rotatable bonds is 89. The quantitative estimate of drug-likeness (QED) is 0.00718. The van der Waals surface area contributed by atoms with E-state index in [9.17, 15) is 47.7 Å². The number of phosphoric acid groups is 2. The van der Waals surface area contributed by atoms with Gasteiger partial charge in [0, 0.05) is 50.9 Å². The van der Waals surface area contributed by atoms with Crippen molar-refractivity contribution in [3.63, 3.8) is 0 Å². The van der Waals surface area contributed by atoms with Crippen molar-refractivity contribution in [1.82, 2.24) is 5.32 Å². The van der Waals surface area contributed by atoms with E-state index in [2.05, 4.69) is 154 Å². The predicted molar refractivity (Wildman–Crippen MR) is 612 cm³/mol. The van der Waals surface area contributed by atoms with Crippen LogP contribution in [0.25, 0.3) is 0 Å². The van der Waals surface area contributed by atoms with Gasteiger partial charge in [0.15, 0.2) is 12.2 Å². The minimum Gasteiger partial charge on any atom is -0.478 e. The van der Waals surface area contributed by atoms with Gasteiger partial charge in [-0.25, -0.2) is 13.9 Å². The number of ether oxygens (including phenoxy) is 4. The summed E-state index contributed by atoms with van der Waals surface area (Å²) in [4.78, 5) is 93.9. The van der Waals surface area contributed by atoms with Gasteiger partial charge in [-0.2, -0.15) is 0 Å². The molecule has 4 atom stereocenters. The van der Waals surface area contributed by atoms with Crippen LogP contribution in [0.4, 0.5) is 0 Å². The maximum atomic E-state index is 12.9. The molecule has 0 aromatic heterocycles. The first-order chi connectivity index (χ1) is 69.7. The van der Waals surface area contributed by atoms with Gasteiger partial charge >= 0.3 is 45.5 Å². The molecule has 2 aliphatic rings. The number of allylic oxidation sites excluding steroid dienone is 26. The number of carbonyl (C=O) groups excluding carboxylic acids is 5. The fourth-order valence-corrected chi connectivity index (χ4v) is 18.9. The van der Waals surface area contributed by atoms with E-state index in [0.29, 0.717) is 19.3 Å². The highest BCUT2D eigenvalue weighted by molar-refractivity contribution is 7.47. The van der Waals surface area contributed by atoms with Gasteiger partial charge in [-0.05, 0) is 242 Å². The second-order valence-electron chi connectivity index (χ2n) is 41.4. The number of carbonyl (C=O) groups is 6. The van der Waals surface area contributed by atoms with Crippen molar-refractivity contribution in [3.05, 3.63) is 166 Å². The van der Waals surface area contributed by atoms with Gasteiger partial charge in [-0.1, -0.05) is 400 Å². The largest absolute Gasteiger partial charge is 0.478 e. The monoisotopic (exact) mass is 2090 g/mol. The zero-order valence-corrected chi connectivity index (χ0v) is 95.8. The SMILES string of the molecule is C.CC1=C(/C=C/C(C)=C/C=C/C(C)=C/C(=O)O)C(C)(C)CCC1.CCCCCCCC/C=C\CCCCCCCC(=O)OC[C@H](COP(=O)(O)OCCN)OC(=O)CCCCCCC/C=C\CCCCCCCC.CCCCCCCC/C=C\CCCCCCCC(=O)OC[C@H](COP(=O)(O)OCCNC(=O)/C=C(C)/C=C/C=C(C)/C=C/C1=C(C)CCCC1(C)C)OC(=O)CCCCCCC/C=C\CCCCCCCC. The third kappa shape index (κ3) is 90.1. The molecule has 6 N–H and O–H groups in total. The molecule has 2 aliphatic carbocycles. The predicted octanol–water partition coefficient (Wildman–Crippen LogP) is 35.1. The number of phosphoric ester groups is 2. The van der Waals surface area contributed by atoms with Gasteiger partial charge in [0.25, 0.3) is 0 Å². The molecule has 0 fully saturated rings. The highest BCUT2D eigenvalue weighted by atomic mass is 31.2. The fraction of sp³-hybridized carbons (Fsp3) is 0.724. The zero-order valence-electron chi connectivity index (χ0n) is 94.0. The number of hydrogen-bond acceptors (Lipinski definition) is 17. The summed E-state index contributed by atoms with van der Waals surface area (Å²) in [6.07, 6.45) is 108. The Morgan fingerprint density at radius 3 is 0.932 bits per heavy atom. The molecule has 840 valence electrons. The topological polar surface area (TPSA) is 309 Å². The minimum absolute atomic E-state index is 0. The summed E-state index contributed by atoms with van der Waals surface area (Å²) in [6.45, 7) is 28.4. The van der Waals surface area contributed by atoms with Crippen LogP contribution in [0.2, 0.25) is 0 Å². The first-order valence-corrected chi connectivity index (χ1v) is 60.3. The summed E-state index contributed by atoms with van der Waals surface area (Å²) >= 11 is 0. The van der Waals surface area contributed by atoms with Crippen molar-refractivity contribution in [2.75, 3.05) is 52.7 Å². The molecule has 0 aromatic carbocycles. The Morgan fingerprint density at radius 2 is 0.644 bits per heavy atom. The number of unbranched alkanes of at least 4 members (excludes halogenated alkanes) is 44. The Bertz CT molecular complexity index is 3920. The minimum atomic E-state index is -4.61. The van der Waals surface area contributed by atoms with E-state index in [1.807, 2.05) is 44.2 Å². The standard InChI is InChI=1S/C61H104NO9P.C41H78NO8P.C20H28O2.CH4/c1-8-10-12-14-16-18-20-22-24-26-28-30-32-34-36-43-59(64)68-51-56(71-60(65)44-37-35-33-31-29-27-25-23-21-19-17-15-13-11-9-2)52-70-72(66,67)69-49-48-62-58(63)50-54(4)41-38-40-53(3)45-46-57-55(5)42-39-47-61(57,6)7;1-3-5-7-9-11-13-15-17-19-21-23-25-27-29-31-33-40(43)47-37-39(38-49-51(45,46)48-36-35-42)50-41(44)34-32-30-28-26-24-22-20-18-16-14-12-10-8-6-4-2;1-15(8-6-9-16(2)14-19(21)22)11-12-18-17(3)10-7-13-20(18,4)5;/h22-25,38,40-41,45-46,50,56H,8-21,26-37,39,42-44,47-49,51-52H2,1-7H3,(H,62,63)(H,66,67);17-20,39H,3-16,21-38,42H2,1-2H3,(H,45,46);6,8-9,11-12,14H,7,10,13H2,1-5H3,(H,21,22);1H4/b24-22-,25-23-,41-38+,46-45+,53-40+,54-50+;19-17-,20-18-;9-6+,12-11+,15-8+,16-14+;/t56-;39-;;/m11../s1. The lowest BCUT2D eigenvalue weighted by atomic mass is 9.72. The lowest BCUT2D eigenvalue weighted by molar-refractivity contribution is -0.161. The summed E-state index contributed by atoms with van der Waals surface area (Å²) in [5.74, 6) is -3.04. The highest BCUT2D eigenvalue weighted by Crippen LogP contribution is 2.45.